The third-order valence-electron chi connectivity index (χ3n) is 4.23. The van der Waals surface area contributed by atoms with Crippen molar-refractivity contribution in [2.24, 2.45) is 11.8 Å². The molecule has 0 saturated carbocycles. The van der Waals surface area contributed by atoms with Gasteiger partial charge in [-0.15, -0.1) is 0 Å². The average Bonchev–Trinajstić information content (AvgIpc) is 2.86. The van der Waals surface area contributed by atoms with Gasteiger partial charge >= 0.3 is 0 Å². The maximum Gasteiger partial charge on any atom is 0.226 e. The molecule has 0 bridgehead atoms. The minimum atomic E-state index is 0.00593. The first-order valence-corrected chi connectivity index (χ1v) is 6.76. The highest BCUT2D eigenvalue weighted by molar-refractivity contribution is 5.79. The summed E-state index contributed by atoms with van der Waals surface area (Å²) < 4.78 is 5.70. The van der Waals surface area contributed by atoms with E-state index in [1.54, 1.807) is 0 Å². The summed E-state index contributed by atoms with van der Waals surface area (Å²) in [6.45, 7) is 7.98. The lowest BCUT2D eigenvalue weighted by molar-refractivity contribution is -0.127. The molecular weight excluding hydrogens is 216 g/mol. The molecule has 98 valence electrons. The van der Waals surface area contributed by atoms with E-state index in [-0.39, 0.29) is 24.0 Å². The molecule has 5 unspecified atom stereocenters. The van der Waals surface area contributed by atoms with Crippen LogP contribution in [0.3, 0.4) is 0 Å². The fourth-order valence-electron chi connectivity index (χ4n) is 2.99. The average molecular weight is 240 g/mol. The summed E-state index contributed by atoms with van der Waals surface area (Å²) in [7, 11) is 0. The number of carbonyl (C=O) groups excluding carboxylic acids is 1. The van der Waals surface area contributed by atoms with E-state index in [9.17, 15) is 4.79 Å². The molecule has 2 heterocycles. The molecule has 0 aliphatic carbocycles. The lowest BCUT2D eigenvalue weighted by atomic mass is 9.89. The lowest BCUT2D eigenvalue weighted by Crippen LogP contribution is -2.43. The summed E-state index contributed by atoms with van der Waals surface area (Å²) >= 11 is 0. The Balaban J connectivity index is 1.82. The molecule has 0 aromatic heterocycles. The molecule has 1 amide bonds. The second kappa shape index (κ2) is 5.36. The zero-order valence-corrected chi connectivity index (χ0v) is 11.0. The quantitative estimate of drug-likeness (QED) is 0.771. The Kier molecular flexibility index (Phi) is 4.05. The second-order valence-electron chi connectivity index (χ2n) is 5.47. The van der Waals surface area contributed by atoms with Gasteiger partial charge in [-0.05, 0) is 39.2 Å². The highest BCUT2D eigenvalue weighted by Crippen LogP contribution is 2.32. The largest absolute Gasteiger partial charge is 0.374 e. The fraction of sp³-hybridized carbons (Fsp3) is 0.923. The molecule has 2 rings (SSSR count). The number of ether oxygens (including phenoxy) is 1. The highest BCUT2D eigenvalue weighted by Gasteiger charge is 2.41. The second-order valence-corrected chi connectivity index (χ2v) is 5.47. The van der Waals surface area contributed by atoms with Crippen molar-refractivity contribution < 1.29 is 9.53 Å². The standard InChI is InChI=1S/C13H24N2O2/c1-8-9(2)17-10(3)12(8)13(16)15-7-11-5-4-6-14-11/h8-12,14H,4-7H2,1-3H3,(H,15,16). The Morgan fingerprint density at radius 1 is 1.35 bits per heavy atom. The SMILES string of the molecule is CC1OC(C)C(C(=O)NCC2CCCN2)C1C. The Hall–Kier alpha value is -0.610. The first-order valence-electron chi connectivity index (χ1n) is 6.76. The summed E-state index contributed by atoms with van der Waals surface area (Å²) in [6.07, 6.45) is 2.61. The van der Waals surface area contributed by atoms with Crippen molar-refractivity contribution in [3.8, 4) is 0 Å². The molecule has 2 fully saturated rings. The van der Waals surface area contributed by atoms with E-state index in [0.29, 0.717) is 12.0 Å². The third-order valence-corrected chi connectivity index (χ3v) is 4.23. The van der Waals surface area contributed by atoms with Crippen LogP contribution < -0.4 is 10.6 Å². The van der Waals surface area contributed by atoms with Crippen LogP contribution in [-0.2, 0) is 9.53 Å². The van der Waals surface area contributed by atoms with Crippen molar-refractivity contribution in [1.82, 2.24) is 10.6 Å². The molecule has 0 spiro atoms. The summed E-state index contributed by atoms with van der Waals surface area (Å²) in [5.41, 5.74) is 0. The van der Waals surface area contributed by atoms with Crippen LogP contribution in [0.25, 0.3) is 0 Å². The van der Waals surface area contributed by atoms with E-state index < -0.39 is 0 Å². The molecule has 2 aliphatic heterocycles. The van der Waals surface area contributed by atoms with Gasteiger partial charge in [-0.2, -0.15) is 0 Å². The molecule has 0 aromatic rings. The predicted octanol–water partition coefficient (Wildman–Crippen LogP) is 0.914. The van der Waals surface area contributed by atoms with Crippen LogP contribution in [0, 0.1) is 11.8 Å². The lowest BCUT2D eigenvalue weighted by Gasteiger charge is -2.19. The van der Waals surface area contributed by atoms with Gasteiger partial charge in [0.2, 0.25) is 5.91 Å². The normalized spacial score (nSPS) is 41.7. The first-order chi connectivity index (χ1) is 8.09. The molecule has 0 aromatic carbocycles. The molecule has 0 radical (unpaired) electrons. The van der Waals surface area contributed by atoms with E-state index in [1.165, 1.54) is 12.8 Å². The van der Waals surface area contributed by atoms with Crippen molar-refractivity contribution in [2.45, 2.75) is 51.9 Å². The van der Waals surface area contributed by atoms with E-state index >= 15 is 0 Å². The fourth-order valence-corrected chi connectivity index (χ4v) is 2.99. The smallest absolute Gasteiger partial charge is 0.226 e. The van der Waals surface area contributed by atoms with Crippen LogP contribution in [0.2, 0.25) is 0 Å². The molecule has 2 aliphatic rings. The monoisotopic (exact) mass is 240 g/mol. The van der Waals surface area contributed by atoms with Gasteiger partial charge in [0.05, 0.1) is 18.1 Å². The predicted molar refractivity (Wildman–Crippen MR) is 66.7 cm³/mol. The summed E-state index contributed by atoms with van der Waals surface area (Å²) in [4.78, 5) is 12.1. The minimum absolute atomic E-state index is 0.00593. The number of rotatable bonds is 3. The zero-order valence-electron chi connectivity index (χ0n) is 11.0. The molecule has 4 heteroatoms. The van der Waals surface area contributed by atoms with Gasteiger partial charge in [0.1, 0.15) is 0 Å². The third kappa shape index (κ3) is 2.80. The number of hydrogen-bond acceptors (Lipinski definition) is 3. The van der Waals surface area contributed by atoms with Crippen LogP contribution in [0.1, 0.15) is 33.6 Å². The number of carbonyl (C=O) groups is 1. The zero-order chi connectivity index (χ0) is 12.4. The van der Waals surface area contributed by atoms with Crippen LogP contribution in [0.5, 0.6) is 0 Å². The van der Waals surface area contributed by atoms with Gasteiger partial charge < -0.3 is 15.4 Å². The molecule has 17 heavy (non-hydrogen) atoms. The van der Waals surface area contributed by atoms with Crippen molar-refractivity contribution in [3.63, 3.8) is 0 Å². The van der Waals surface area contributed by atoms with Gasteiger partial charge in [-0.3, -0.25) is 4.79 Å². The van der Waals surface area contributed by atoms with Gasteiger partial charge in [-0.25, -0.2) is 0 Å². The Bertz CT molecular complexity index is 277. The van der Waals surface area contributed by atoms with Crippen molar-refractivity contribution in [3.05, 3.63) is 0 Å². The maximum absolute atomic E-state index is 12.1. The molecule has 5 atom stereocenters. The topological polar surface area (TPSA) is 50.4 Å². The molecular formula is C13H24N2O2. The van der Waals surface area contributed by atoms with Crippen LogP contribution in [0.4, 0.5) is 0 Å². The van der Waals surface area contributed by atoms with E-state index in [1.807, 2.05) is 13.8 Å². The van der Waals surface area contributed by atoms with Crippen LogP contribution in [0.15, 0.2) is 0 Å². The highest BCUT2D eigenvalue weighted by atomic mass is 16.5. The molecule has 4 nitrogen and oxygen atoms in total. The van der Waals surface area contributed by atoms with Crippen molar-refractivity contribution in [1.29, 1.82) is 0 Å². The van der Waals surface area contributed by atoms with Gasteiger partial charge in [-0.1, -0.05) is 6.92 Å². The first kappa shape index (κ1) is 12.8. The van der Waals surface area contributed by atoms with Crippen LogP contribution in [-0.4, -0.2) is 37.2 Å². The summed E-state index contributed by atoms with van der Waals surface area (Å²) in [5, 5.41) is 6.45. The summed E-state index contributed by atoms with van der Waals surface area (Å²) in [6, 6.07) is 0.462. The maximum atomic E-state index is 12.1. The van der Waals surface area contributed by atoms with Gasteiger partial charge in [0.25, 0.3) is 0 Å². The molecule has 2 saturated heterocycles. The molecule has 2 N–H and O–H groups in total. The van der Waals surface area contributed by atoms with Gasteiger partial charge in [0.15, 0.2) is 0 Å². The van der Waals surface area contributed by atoms with Gasteiger partial charge in [0, 0.05) is 12.6 Å². The van der Waals surface area contributed by atoms with E-state index in [4.69, 9.17) is 4.74 Å². The Morgan fingerprint density at radius 2 is 2.12 bits per heavy atom. The Labute approximate surface area is 103 Å². The number of hydrogen-bond donors (Lipinski definition) is 2. The number of amides is 1. The van der Waals surface area contributed by atoms with Crippen molar-refractivity contribution >= 4 is 5.91 Å². The number of nitrogens with one attached hydrogen (secondary N) is 2. The minimum Gasteiger partial charge on any atom is -0.374 e. The summed E-state index contributed by atoms with van der Waals surface area (Å²) in [5.74, 6) is 0.469. The van der Waals surface area contributed by atoms with E-state index in [0.717, 1.165) is 13.1 Å². The van der Waals surface area contributed by atoms with Crippen LogP contribution >= 0.6 is 0 Å². The van der Waals surface area contributed by atoms with E-state index in [2.05, 4.69) is 17.6 Å². The van der Waals surface area contributed by atoms with Crippen molar-refractivity contribution in [2.75, 3.05) is 13.1 Å². The Morgan fingerprint density at radius 3 is 2.65 bits per heavy atom.